The lowest BCUT2D eigenvalue weighted by molar-refractivity contribution is -0.121. The number of aryl methyl sites for hydroxylation is 2. The van der Waals surface area contributed by atoms with Crippen LogP contribution in [0.3, 0.4) is 0 Å². The molecule has 2 unspecified atom stereocenters. The molecule has 0 aromatic heterocycles. The first-order chi connectivity index (χ1) is 8.56. The fourth-order valence-electron chi connectivity index (χ4n) is 2.52. The summed E-state index contributed by atoms with van der Waals surface area (Å²) < 4.78 is 0. The van der Waals surface area contributed by atoms with Gasteiger partial charge in [-0.15, -0.1) is 0 Å². The number of rotatable bonds is 3. The number of carbonyl (C=O) groups excluding carboxylic acids is 1. The standard InChI is InChI=1S/C15H22N2O/c1-10-6-7-12(8-11(10)2)9-15(18)17-14-5-3-4-13(14)16/h6-8,13-14H,3-5,9,16H2,1-2H3,(H,17,18). The molecule has 0 spiro atoms. The van der Waals surface area contributed by atoms with Crippen molar-refractivity contribution in [2.24, 2.45) is 5.73 Å². The lowest BCUT2D eigenvalue weighted by atomic mass is 10.0. The van der Waals surface area contributed by atoms with Crippen LogP contribution in [0.15, 0.2) is 18.2 Å². The molecule has 0 aliphatic heterocycles. The van der Waals surface area contributed by atoms with Gasteiger partial charge in [-0.25, -0.2) is 0 Å². The Morgan fingerprint density at radius 3 is 2.72 bits per heavy atom. The summed E-state index contributed by atoms with van der Waals surface area (Å²) in [6.45, 7) is 4.15. The van der Waals surface area contributed by atoms with Crippen molar-refractivity contribution < 1.29 is 4.79 Å². The molecule has 3 nitrogen and oxygen atoms in total. The summed E-state index contributed by atoms with van der Waals surface area (Å²) in [6, 6.07) is 6.48. The van der Waals surface area contributed by atoms with Crippen molar-refractivity contribution in [3.8, 4) is 0 Å². The molecule has 18 heavy (non-hydrogen) atoms. The fraction of sp³-hybridized carbons (Fsp3) is 0.533. The van der Waals surface area contributed by atoms with Crippen molar-refractivity contribution in [1.82, 2.24) is 5.32 Å². The Balaban J connectivity index is 1.92. The van der Waals surface area contributed by atoms with Gasteiger partial charge in [0.15, 0.2) is 0 Å². The summed E-state index contributed by atoms with van der Waals surface area (Å²) >= 11 is 0. The van der Waals surface area contributed by atoms with Crippen molar-refractivity contribution in [2.75, 3.05) is 0 Å². The van der Waals surface area contributed by atoms with E-state index in [0.717, 1.165) is 24.8 Å². The highest BCUT2D eigenvalue weighted by Gasteiger charge is 2.25. The van der Waals surface area contributed by atoms with Gasteiger partial charge in [0.25, 0.3) is 0 Å². The Kier molecular flexibility index (Phi) is 4.02. The van der Waals surface area contributed by atoms with Crippen LogP contribution in [0, 0.1) is 13.8 Å². The van der Waals surface area contributed by atoms with Crippen molar-refractivity contribution in [3.63, 3.8) is 0 Å². The molecule has 1 saturated carbocycles. The normalized spacial score (nSPS) is 23.1. The Bertz CT molecular complexity index is 442. The second kappa shape index (κ2) is 5.53. The molecule has 0 saturated heterocycles. The van der Waals surface area contributed by atoms with Crippen LogP contribution in [0.1, 0.15) is 36.0 Å². The smallest absolute Gasteiger partial charge is 0.224 e. The fourth-order valence-corrected chi connectivity index (χ4v) is 2.52. The molecular formula is C15H22N2O. The number of nitrogens with two attached hydrogens (primary N) is 1. The molecule has 1 aromatic rings. The van der Waals surface area contributed by atoms with E-state index in [1.54, 1.807) is 0 Å². The molecule has 0 heterocycles. The largest absolute Gasteiger partial charge is 0.352 e. The van der Waals surface area contributed by atoms with Gasteiger partial charge in [0.1, 0.15) is 0 Å². The first-order valence-electron chi connectivity index (χ1n) is 6.67. The summed E-state index contributed by atoms with van der Waals surface area (Å²) in [6.07, 6.45) is 3.61. The average molecular weight is 246 g/mol. The van der Waals surface area contributed by atoms with E-state index < -0.39 is 0 Å². The van der Waals surface area contributed by atoms with Gasteiger partial charge >= 0.3 is 0 Å². The van der Waals surface area contributed by atoms with Gasteiger partial charge in [0.05, 0.1) is 6.42 Å². The molecule has 2 rings (SSSR count). The molecule has 98 valence electrons. The molecule has 1 aromatic carbocycles. The van der Waals surface area contributed by atoms with E-state index in [1.165, 1.54) is 11.1 Å². The second-order valence-corrected chi connectivity index (χ2v) is 5.36. The molecular weight excluding hydrogens is 224 g/mol. The van der Waals surface area contributed by atoms with Crippen molar-refractivity contribution in [1.29, 1.82) is 0 Å². The van der Waals surface area contributed by atoms with Gasteiger partial charge < -0.3 is 11.1 Å². The molecule has 3 N–H and O–H groups in total. The van der Waals surface area contributed by atoms with Crippen LogP contribution in [-0.4, -0.2) is 18.0 Å². The minimum atomic E-state index is 0.0839. The molecule has 1 amide bonds. The quantitative estimate of drug-likeness (QED) is 0.855. The number of benzene rings is 1. The molecule has 3 heteroatoms. The Morgan fingerprint density at radius 1 is 1.33 bits per heavy atom. The molecule has 0 bridgehead atoms. The predicted octanol–water partition coefficient (Wildman–Crippen LogP) is 1.84. The number of hydrogen-bond donors (Lipinski definition) is 2. The monoisotopic (exact) mass is 246 g/mol. The summed E-state index contributed by atoms with van der Waals surface area (Å²) in [5.74, 6) is 0.0839. The highest BCUT2D eigenvalue weighted by molar-refractivity contribution is 5.79. The predicted molar refractivity (Wildman–Crippen MR) is 73.4 cm³/mol. The SMILES string of the molecule is Cc1ccc(CC(=O)NC2CCCC2N)cc1C. The highest BCUT2D eigenvalue weighted by atomic mass is 16.1. The number of carbonyl (C=O) groups is 1. The minimum Gasteiger partial charge on any atom is -0.352 e. The van der Waals surface area contributed by atoms with E-state index in [0.29, 0.717) is 6.42 Å². The van der Waals surface area contributed by atoms with Gasteiger partial charge in [0.2, 0.25) is 5.91 Å². The molecule has 1 fully saturated rings. The van der Waals surface area contributed by atoms with E-state index in [-0.39, 0.29) is 18.0 Å². The maximum atomic E-state index is 11.9. The van der Waals surface area contributed by atoms with Crippen LogP contribution in [0.4, 0.5) is 0 Å². The Labute approximate surface area is 109 Å². The lowest BCUT2D eigenvalue weighted by Crippen LogP contribution is -2.44. The van der Waals surface area contributed by atoms with E-state index in [9.17, 15) is 4.79 Å². The van der Waals surface area contributed by atoms with Gasteiger partial charge in [-0.05, 0) is 49.8 Å². The molecule has 0 radical (unpaired) electrons. The molecule has 1 aliphatic carbocycles. The van der Waals surface area contributed by atoms with Crippen LogP contribution >= 0.6 is 0 Å². The molecule has 1 aliphatic rings. The van der Waals surface area contributed by atoms with Crippen molar-refractivity contribution in [3.05, 3.63) is 34.9 Å². The van der Waals surface area contributed by atoms with E-state index >= 15 is 0 Å². The van der Waals surface area contributed by atoms with Crippen LogP contribution < -0.4 is 11.1 Å². The molecule has 2 atom stereocenters. The van der Waals surface area contributed by atoms with Crippen molar-refractivity contribution >= 4 is 5.91 Å². The van der Waals surface area contributed by atoms with Crippen molar-refractivity contribution in [2.45, 2.75) is 51.6 Å². The number of amides is 1. The first-order valence-corrected chi connectivity index (χ1v) is 6.67. The Morgan fingerprint density at radius 2 is 2.11 bits per heavy atom. The number of hydrogen-bond acceptors (Lipinski definition) is 2. The highest BCUT2D eigenvalue weighted by Crippen LogP contribution is 2.17. The third-order valence-corrected chi connectivity index (χ3v) is 3.85. The van der Waals surface area contributed by atoms with E-state index in [1.807, 2.05) is 6.07 Å². The summed E-state index contributed by atoms with van der Waals surface area (Å²) in [4.78, 5) is 11.9. The zero-order valence-corrected chi connectivity index (χ0v) is 11.2. The topological polar surface area (TPSA) is 55.1 Å². The maximum absolute atomic E-state index is 11.9. The first kappa shape index (κ1) is 13.1. The van der Waals surface area contributed by atoms with Crippen LogP contribution in [0.2, 0.25) is 0 Å². The zero-order chi connectivity index (χ0) is 13.1. The summed E-state index contributed by atoms with van der Waals surface area (Å²) in [5.41, 5.74) is 9.52. The summed E-state index contributed by atoms with van der Waals surface area (Å²) in [7, 11) is 0. The van der Waals surface area contributed by atoms with Crippen LogP contribution in [-0.2, 0) is 11.2 Å². The van der Waals surface area contributed by atoms with E-state index in [4.69, 9.17) is 5.73 Å². The van der Waals surface area contributed by atoms with Crippen LogP contribution in [0.25, 0.3) is 0 Å². The third kappa shape index (κ3) is 3.10. The maximum Gasteiger partial charge on any atom is 0.224 e. The minimum absolute atomic E-state index is 0.0839. The number of nitrogens with one attached hydrogen (secondary N) is 1. The van der Waals surface area contributed by atoms with Gasteiger partial charge in [-0.3, -0.25) is 4.79 Å². The van der Waals surface area contributed by atoms with Crippen LogP contribution in [0.5, 0.6) is 0 Å². The second-order valence-electron chi connectivity index (χ2n) is 5.36. The zero-order valence-electron chi connectivity index (χ0n) is 11.2. The van der Waals surface area contributed by atoms with Gasteiger partial charge in [-0.2, -0.15) is 0 Å². The Hall–Kier alpha value is -1.35. The lowest BCUT2D eigenvalue weighted by Gasteiger charge is -2.17. The van der Waals surface area contributed by atoms with Gasteiger partial charge in [0, 0.05) is 12.1 Å². The average Bonchev–Trinajstić information content (AvgIpc) is 2.70. The summed E-state index contributed by atoms with van der Waals surface area (Å²) in [5, 5.41) is 3.05. The third-order valence-electron chi connectivity index (χ3n) is 3.85. The van der Waals surface area contributed by atoms with Gasteiger partial charge in [-0.1, -0.05) is 18.2 Å². The van der Waals surface area contributed by atoms with E-state index in [2.05, 4.69) is 31.3 Å².